The van der Waals surface area contributed by atoms with Crippen LogP contribution in [-0.4, -0.2) is 57.9 Å². The fourth-order valence-corrected chi connectivity index (χ4v) is 4.35. The SMILES string of the molecule is CC(C)c1cc(C(F)(F)F)c2c(C3CCCN(C(=O)CN4CCCC4=O)C3)noc2n1. The number of piperidine rings is 1. The third-order valence-corrected chi connectivity index (χ3v) is 6.05. The molecule has 10 heteroatoms. The standard InChI is InChI=1S/C21H25F3N4O3/c1-12(2)15-9-14(21(22,23)24)18-19(26-31-20(18)25-15)13-5-3-7-27(10-13)17(30)11-28-8-4-6-16(28)29/h9,12-13H,3-8,10-11H2,1-2H3. The predicted molar refractivity (Wildman–Crippen MR) is 105 cm³/mol. The molecule has 168 valence electrons. The van der Waals surface area contributed by atoms with E-state index in [4.69, 9.17) is 4.52 Å². The molecule has 2 fully saturated rings. The van der Waals surface area contributed by atoms with E-state index in [2.05, 4.69) is 10.1 Å². The molecule has 7 nitrogen and oxygen atoms in total. The van der Waals surface area contributed by atoms with Gasteiger partial charge in [-0.1, -0.05) is 19.0 Å². The van der Waals surface area contributed by atoms with Crippen molar-refractivity contribution < 1.29 is 27.3 Å². The lowest BCUT2D eigenvalue weighted by atomic mass is 9.91. The fourth-order valence-electron chi connectivity index (χ4n) is 4.35. The van der Waals surface area contributed by atoms with Gasteiger partial charge in [0.15, 0.2) is 0 Å². The van der Waals surface area contributed by atoms with Crippen molar-refractivity contribution in [2.24, 2.45) is 0 Å². The summed E-state index contributed by atoms with van der Waals surface area (Å²) < 4.78 is 46.8. The Morgan fingerprint density at radius 1 is 1.29 bits per heavy atom. The van der Waals surface area contributed by atoms with Crippen molar-refractivity contribution in [2.75, 3.05) is 26.2 Å². The second-order valence-electron chi connectivity index (χ2n) is 8.59. The maximum absolute atomic E-state index is 13.9. The van der Waals surface area contributed by atoms with Gasteiger partial charge in [0, 0.05) is 37.7 Å². The minimum absolute atomic E-state index is 0.0121. The smallest absolute Gasteiger partial charge is 0.340 e. The number of halogens is 3. The van der Waals surface area contributed by atoms with E-state index in [0.29, 0.717) is 38.0 Å². The molecule has 2 aromatic rings. The number of likely N-dealkylation sites (tertiary alicyclic amines) is 2. The normalized spacial score (nSPS) is 20.3. The van der Waals surface area contributed by atoms with Crippen LogP contribution in [0.15, 0.2) is 10.6 Å². The summed E-state index contributed by atoms with van der Waals surface area (Å²) in [5, 5.41) is 3.84. The molecule has 31 heavy (non-hydrogen) atoms. The van der Waals surface area contributed by atoms with Gasteiger partial charge in [-0.05, 0) is 31.2 Å². The first-order valence-corrected chi connectivity index (χ1v) is 10.6. The van der Waals surface area contributed by atoms with Crippen LogP contribution in [0.3, 0.4) is 0 Å². The molecule has 0 spiro atoms. The molecule has 0 radical (unpaired) electrons. The van der Waals surface area contributed by atoms with E-state index >= 15 is 0 Å². The quantitative estimate of drug-likeness (QED) is 0.728. The summed E-state index contributed by atoms with van der Waals surface area (Å²) >= 11 is 0. The molecule has 4 rings (SSSR count). The second kappa shape index (κ2) is 8.12. The monoisotopic (exact) mass is 438 g/mol. The molecule has 0 N–H and O–H groups in total. The van der Waals surface area contributed by atoms with Gasteiger partial charge in [-0.2, -0.15) is 13.2 Å². The van der Waals surface area contributed by atoms with Crippen LogP contribution in [0.2, 0.25) is 0 Å². The molecule has 2 amide bonds. The van der Waals surface area contributed by atoms with Gasteiger partial charge < -0.3 is 14.3 Å². The number of hydrogen-bond acceptors (Lipinski definition) is 5. The summed E-state index contributed by atoms with van der Waals surface area (Å²) in [6, 6.07) is 1.07. The number of carbonyl (C=O) groups excluding carboxylic acids is 2. The van der Waals surface area contributed by atoms with Gasteiger partial charge in [-0.25, -0.2) is 4.98 Å². The molecular weight excluding hydrogens is 413 g/mol. The lowest BCUT2D eigenvalue weighted by molar-refractivity contribution is -0.139. The highest BCUT2D eigenvalue weighted by atomic mass is 19.4. The molecule has 1 unspecified atom stereocenters. The Labute approximate surface area is 177 Å². The third-order valence-electron chi connectivity index (χ3n) is 6.05. The van der Waals surface area contributed by atoms with E-state index in [1.807, 2.05) is 0 Å². The van der Waals surface area contributed by atoms with E-state index in [9.17, 15) is 22.8 Å². The number of nitrogens with zero attached hydrogens (tertiary/aromatic N) is 4. The Morgan fingerprint density at radius 3 is 2.71 bits per heavy atom. The minimum Gasteiger partial charge on any atom is -0.340 e. The first-order chi connectivity index (χ1) is 14.6. The van der Waals surface area contributed by atoms with E-state index in [1.165, 1.54) is 4.90 Å². The molecule has 4 heterocycles. The average molecular weight is 438 g/mol. The van der Waals surface area contributed by atoms with Crippen LogP contribution in [0.5, 0.6) is 0 Å². The number of fused-ring (bicyclic) bond motifs is 1. The number of pyridine rings is 1. The van der Waals surface area contributed by atoms with Crippen molar-refractivity contribution in [1.29, 1.82) is 0 Å². The number of amides is 2. The van der Waals surface area contributed by atoms with Crippen molar-refractivity contribution in [1.82, 2.24) is 19.9 Å². The zero-order chi connectivity index (χ0) is 22.3. The number of aromatic nitrogens is 2. The maximum atomic E-state index is 13.9. The van der Waals surface area contributed by atoms with Crippen LogP contribution in [0, 0.1) is 0 Å². The van der Waals surface area contributed by atoms with Crippen LogP contribution in [0.25, 0.3) is 11.1 Å². The van der Waals surface area contributed by atoms with Gasteiger partial charge in [-0.15, -0.1) is 0 Å². The molecular formula is C21H25F3N4O3. The van der Waals surface area contributed by atoms with Gasteiger partial charge in [-0.3, -0.25) is 9.59 Å². The maximum Gasteiger partial charge on any atom is 0.417 e. The zero-order valence-corrected chi connectivity index (χ0v) is 17.5. The van der Waals surface area contributed by atoms with Crippen molar-refractivity contribution in [3.05, 3.63) is 23.0 Å². The van der Waals surface area contributed by atoms with Gasteiger partial charge >= 0.3 is 6.18 Å². The number of rotatable bonds is 4. The molecule has 2 aromatic heterocycles. The summed E-state index contributed by atoms with van der Waals surface area (Å²) in [7, 11) is 0. The van der Waals surface area contributed by atoms with E-state index in [1.54, 1.807) is 18.7 Å². The lowest BCUT2D eigenvalue weighted by Gasteiger charge is -2.33. The fraction of sp³-hybridized carbons (Fsp3) is 0.619. The topological polar surface area (TPSA) is 79.5 Å². The average Bonchev–Trinajstić information content (AvgIpc) is 3.32. The molecule has 0 saturated carbocycles. The van der Waals surface area contributed by atoms with Gasteiger partial charge in [0.1, 0.15) is 0 Å². The second-order valence-corrected chi connectivity index (χ2v) is 8.59. The Morgan fingerprint density at radius 2 is 2.06 bits per heavy atom. The Kier molecular flexibility index (Phi) is 5.65. The highest BCUT2D eigenvalue weighted by Gasteiger charge is 2.38. The van der Waals surface area contributed by atoms with Crippen molar-refractivity contribution >= 4 is 22.9 Å². The van der Waals surface area contributed by atoms with E-state index < -0.39 is 11.7 Å². The molecule has 1 atom stereocenters. The molecule has 2 aliphatic rings. The molecule has 2 saturated heterocycles. The molecule has 2 aliphatic heterocycles. The van der Waals surface area contributed by atoms with Crippen molar-refractivity contribution in [3.8, 4) is 0 Å². The van der Waals surface area contributed by atoms with Gasteiger partial charge in [0.05, 0.1) is 23.2 Å². The number of alkyl halides is 3. The largest absolute Gasteiger partial charge is 0.417 e. The van der Waals surface area contributed by atoms with Crippen LogP contribution in [-0.2, 0) is 15.8 Å². The lowest BCUT2D eigenvalue weighted by Crippen LogP contribution is -2.45. The van der Waals surface area contributed by atoms with Crippen molar-refractivity contribution in [2.45, 2.75) is 57.5 Å². The van der Waals surface area contributed by atoms with Crippen LogP contribution < -0.4 is 0 Å². The van der Waals surface area contributed by atoms with Crippen LogP contribution in [0.1, 0.15) is 68.3 Å². The number of hydrogen-bond donors (Lipinski definition) is 0. The Hall–Kier alpha value is -2.65. The van der Waals surface area contributed by atoms with Crippen molar-refractivity contribution in [3.63, 3.8) is 0 Å². The summed E-state index contributed by atoms with van der Waals surface area (Å²) in [4.78, 5) is 31.9. The van der Waals surface area contributed by atoms with Gasteiger partial charge in [0.25, 0.3) is 5.71 Å². The van der Waals surface area contributed by atoms with E-state index in [-0.39, 0.29) is 53.5 Å². The predicted octanol–water partition coefficient (Wildman–Crippen LogP) is 3.69. The zero-order valence-electron chi connectivity index (χ0n) is 17.5. The summed E-state index contributed by atoms with van der Waals surface area (Å²) in [5.74, 6) is -0.813. The summed E-state index contributed by atoms with van der Waals surface area (Å²) in [6.07, 6.45) is -2.15. The Balaban J connectivity index is 1.62. The highest BCUT2D eigenvalue weighted by Crippen LogP contribution is 2.40. The first kappa shape index (κ1) is 21.6. The molecule has 0 aliphatic carbocycles. The summed E-state index contributed by atoms with van der Waals surface area (Å²) in [6.45, 7) is 4.86. The highest BCUT2D eigenvalue weighted by molar-refractivity contribution is 5.86. The van der Waals surface area contributed by atoms with Gasteiger partial charge in [0.2, 0.25) is 11.8 Å². The summed E-state index contributed by atoms with van der Waals surface area (Å²) in [5.41, 5.74) is -0.443. The van der Waals surface area contributed by atoms with Crippen LogP contribution in [0.4, 0.5) is 13.2 Å². The first-order valence-electron chi connectivity index (χ1n) is 10.6. The number of carbonyl (C=O) groups is 2. The molecule has 0 bridgehead atoms. The molecule has 0 aromatic carbocycles. The third kappa shape index (κ3) is 4.24. The van der Waals surface area contributed by atoms with E-state index in [0.717, 1.165) is 12.5 Å². The Bertz CT molecular complexity index is 1000. The minimum atomic E-state index is -4.58. The van der Waals surface area contributed by atoms with Crippen LogP contribution >= 0.6 is 0 Å².